The van der Waals surface area contributed by atoms with E-state index in [2.05, 4.69) is 24.0 Å². The predicted molar refractivity (Wildman–Crippen MR) is 164 cm³/mol. The van der Waals surface area contributed by atoms with Crippen molar-refractivity contribution in [1.29, 1.82) is 0 Å². The molecule has 1 nitrogen and oxygen atoms in total. The van der Waals surface area contributed by atoms with Crippen LogP contribution in [0.1, 0.15) is 199 Å². The number of aromatic amines is 1. The maximum atomic E-state index is 3.31. The molecule has 1 heteroatoms. The monoisotopic (exact) mass is 502 g/mol. The molecule has 0 spiro atoms. The first-order valence-electron chi connectivity index (χ1n) is 17.1. The maximum absolute atomic E-state index is 3.31. The highest BCUT2D eigenvalue weighted by molar-refractivity contribution is 5.03. The number of nitrogens with one attached hydrogen (secondary N) is 1. The van der Waals surface area contributed by atoms with Crippen LogP contribution in [-0.4, -0.2) is 4.98 Å². The molecule has 0 atom stereocenters. The third-order valence-electron chi connectivity index (χ3n) is 8.21. The standard InChI is InChI=1S/C35H67N/c1-2-3-4-5-6-7-8-9-10-11-12-13-14-15-16-17-18-19-20-21-22-23-24-25-26-27-28-29-30-32-35-33-31-34-36-35/h31,33-34,36H,2-30,32H2,1H3. The Labute approximate surface area is 228 Å². The van der Waals surface area contributed by atoms with Crippen molar-refractivity contribution in [3.05, 3.63) is 24.0 Å². The van der Waals surface area contributed by atoms with Gasteiger partial charge in [-0.25, -0.2) is 0 Å². The summed E-state index contributed by atoms with van der Waals surface area (Å²) in [7, 11) is 0. The van der Waals surface area contributed by atoms with Gasteiger partial charge in [0.2, 0.25) is 0 Å². The van der Waals surface area contributed by atoms with Crippen LogP contribution in [0.15, 0.2) is 18.3 Å². The second kappa shape index (κ2) is 28.8. The molecule has 0 amide bonds. The summed E-state index contributed by atoms with van der Waals surface area (Å²) in [5, 5.41) is 0. The van der Waals surface area contributed by atoms with Crippen LogP contribution >= 0.6 is 0 Å². The Balaban J connectivity index is 1.61. The van der Waals surface area contributed by atoms with Crippen molar-refractivity contribution in [2.24, 2.45) is 0 Å². The van der Waals surface area contributed by atoms with Gasteiger partial charge in [0.25, 0.3) is 0 Å². The maximum Gasteiger partial charge on any atom is 0.0147 e. The molecule has 0 aromatic carbocycles. The minimum absolute atomic E-state index is 1.23. The summed E-state index contributed by atoms with van der Waals surface area (Å²) in [6.07, 6.45) is 45.8. The number of rotatable bonds is 30. The highest BCUT2D eigenvalue weighted by atomic mass is 14.7. The van der Waals surface area contributed by atoms with E-state index in [1.165, 1.54) is 198 Å². The highest BCUT2D eigenvalue weighted by Gasteiger charge is 1.97. The Morgan fingerprint density at radius 1 is 0.389 bits per heavy atom. The van der Waals surface area contributed by atoms with Crippen LogP contribution in [0.5, 0.6) is 0 Å². The first-order valence-corrected chi connectivity index (χ1v) is 17.1. The number of hydrogen-bond acceptors (Lipinski definition) is 0. The molecule has 1 heterocycles. The third kappa shape index (κ3) is 25.0. The lowest BCUT2D eigenvalue weighted by atomic mass is 10.0. The zero-order valence-electron chi connectivity index (χ0n) is 24.9. The first-order chi connectivity index (χ1) is 17.9. The van der Waals surface area contributed by atoms with E-state index in [-0.39, 0.29) is 0 Å². The van der Waals surface area contributed by atoms with Gasteiger partial charge in [0, 0.05) is 11.9 Å². The molecule has 0 bridgehead atoms. The van der Waals surface area contributed by atoms with E-state index in [9.17, 15) is 0 Å². The fourth-order valence-corrected chi connectivity index (χ4v) is 5.68. The minimum atomic E-state index is 1.23. The Morgan fingerprint density at radius 3 is 0.917 bits per heavy atom. The van der Waals surface area contributed by atoms with Crippen molar-refractivity contribution < 1.29 is 0 Å². The van der Waals surface area contributed by atoms with E-state index >= 15 is 0 Å². The average molecular weight is 502 g/mol. The average Bonchev–Trinajstić information content (AvgIpc) is 3.41. The smallest absolute Gasteiger partial charge is 0.0147 e. The van der Waals surface area contributed by atoms with Crippen LogP contribution < -0.4 is 0 Å². The molecule has 0 aliphatic carbocycles. The van der Waals surface area contributed by atoms with Crippen molar-refractivity contribution in [3.8, 4) is 0 Å². The molecule has 0 radical (unpaired) electrons. The third-order valence-corrected chi connectivity index (χ3v) is 8.21. The van der Waals surface area contributed by atoms with Gasteiger partial charge < -0.3 is 4.98 Å². The molecule has 0 saturated carbocycles. The molecule has 0 fully saturated rings. The van der Waals surface area contributed by atoms with Gasteiger partial charge in [0.15, 0.2) is 0 Å². The molecule has 36 heavy (non-hydrogen) atoms. The van der Waals surface area contributed by atoms with Gasteiger partial charge in [-0.05, 0) is 25.0 Å². The van der Waals surface area contributed by atoms with Crippen molar-refractivity contribution in [2.75, 3.05) is 0 Å². The molecule has 1 aromatic rings. The molecule has 1 aromatic heterocycles. The van der Waals surface area contributed by atoms with Crippen LogP contribution in [0, 0.1) is 0 Å². The summed E-state index contributed by atoms with van der Waals surface area (Å²) in [5.74, 6) is 0. The van der Waals surface area contributed by atoms with Crippen LogP contribution in [-0.2, 0) is 6.42 Å². The molecule has 0 saturated heterocycles. The van der Waals surface area contributed by atoms with E-state index in [4.69, 9.17) is 0 Å². The van der Waals surface area contributed by atoms with E-state index in [1.54, 1.807) is 0 Å². The van der Waals surface area contributed by atoms with Gasteiger partial charge >= 0.3 is 0 Å². The lowest BCUT2D eigenvalue weighted by molar-refractivity contribution is 0.513. The second-order valence-electron chi connectivity index (χ2n) is 11.8. The number of unbranched alkanes of at least 4 members (excludes halogenated alkanes) is 28. The van der Waals surface area contributed by atoms with Crippen LogP contribution in [0.4, 0.5) is 0 Å². The summed E-state index contributed by atoms with van der Waals surface area (Å²) in [4.78, 5) is 3.31. The largest absolute Gasteiger partial charge is 0.365 e. The van der Waals surface area contributed by atoms with E-state index < -0.39 is 0 Å². The zero-order chi connectivity index (χ0) is 25.6. The van der Waals surface area contributed by atoms with E-state index in [0.29, 0.717) is 0 Å². The molecule has 0 unspecified atom stereocenters. The molecular formula is C35H67N. The van der Waals surface area contributed by atoms with Crippen molar-refractivity contribution >= 4 is 0 Å². The van der Waals surface area contributed by atoms with Gasteiger partial charge in [0.1, 0.15) is 0 Å². The summed E-state index contributed by atoms with van der Waals surface area (Å²) in [6, 6.07) is 4.32. The number of aromatic nitrogens is 1. The summed E-state index contributed by atoms with van der Waals surface area (Å²) in [6.45, 7) is 2.31. The Bertz CT molecular complexity index is 491. The van der Waals surface area contributed by atoms with Gasteiger partial charge in [0.05, 0.1) is 0 Å². The molecule has 1 rings (SSSR count). The molecule has 0 aliphatic heterocycles. The van der Waals surface area contributed by atoms with Gasteiger partial charge in [-0.15, -0.1) is 0 Å². The fourth-order valence-electron chi connectivity index (χ4n) is 5.68. The number of aryl methyl sites for hydroxylation is 1. The topological polar surface area (TPSA) is 15.8 Å². The van der Waals surface area contributed by atoms with Gasteiger partial charge in [-0.1, -0.05) is 187 Å². The lowest BCUT2D eigenvalue weighted by Gasteiger charge is -2.04. The molecule has 1 N–H and O–H groups in total. The van der Waals surface area contributed by atoms with Crippen molar-refractivity contribution in [1.82, 2.24) is 4.98 Å². The number of H-pyrrole nitrogens is 1. The van der Waals surface area contributed by atoms with E-state index in [0.717, 1.165) is 0 Å². The molecule has 212 valence electrons. The SMILES string of the molecule is CCCCCCCCCCCCCCCCCCCCCCCCCCCCCCCc1ccc[nH]1. The molecule has 0 aliphatic rings. The van der Waals surface area contributed by atoms with E-state index in [1.807, 2.05) is 6.20 Å². The van der Waals surface area contributed by atoms with Gasteiger partial charge in [-0.3, -0.25) is 0 Å². The molecular weight excluding hydrogens is 434 g/mol. The Kier molecular flexibility index (Phi) is 26.7. The summed E-state index contributed by atoms with van der Waals surface area (Å²) in [5.41, 5.74) is 1.40. The van der Waals surface area contributed by atoms with Crippen LogP contribution in [0.2, 0.25) is 0 Å². The normalized spacial score (nSPS) is 11.5. The summed E-state index contributed by atoms with van der Waals surface area (Å²) < 4.78 is 0. The second-order valence-corrected chi connectivity index (χ2v) is 11.8. The zero-order valence-corrected chi connectivity index (χ0v) is 24.9. The minimum Gasteiger partial charge on any atom is -0.365 e. The van der Waals surface area contributed by atoms with Crippen molar-refractivity contribution in [2.45, 2.75) is 200 Å². The number of hydrogen-bond donors (Lipinski definition) is 1. The summed E-state index contributed by atoms with van der Waals surface area (Å²) >= 11 is 0. The highest BCUT2D eigenvalue weighted by Crippen LogP contribution is 2.16. The Hall–Kier alpha value is -0.720. The fraction of sp³-hybridized carbons (Fsp3) is 0.886. The Morgan fingerprint density at radius 2 is 0.667 bits per heavy atom. The van der Waals surface area contributed by atoms with Crippen molar-refractivity contribution in [3.63, 3.8) is 0 Å². The lowest BCUT2D eigenvalue weighted by Crippen LogP contribution is -1.86. The quantitative estimate of drug-likeness (QED) is 0.101. The van der Waals surface area contributed by atoms with Crippen LogP contribution in [0.3, 0.4) is 0 Å². The van der Waals surface area contributed by atoms with Gasteiger partial charge in [-0.2, -0.15) is 0 Å². The first kappa shape index (κ1) is 33.3. The predicted octanol–water partition coefficient (Wildman–Crippen LogP) is 12.9. The van der Waals surface area contributed by atoms with Crippen LogP contribution in [0.25, 0.3) is 0 Å².